The molecule has 0 spiro atoms. The van der Waals surface area contributed by atoms with E-state index in [0.29, 0.717) is 0 Å². The molecule has 0 bridgehead atoms. The van der Waals surface area contributed by atoms with Crippen LogP contribution in [0.5, 0.6) is 5.75 Å². The highest BCUT2D eigenvalue weighted by molar-refractivity contribution is 9.13. The molecule has 8 heteroatoms. The lowest BCUT2D eigenvalue weighted by atomic mass is 10.3. The number of hydrogen-bond donors (Lipinski definition) is 0. The molecule has 80 valence electrons. The van der Waals surface area contributed by atoms with Gasteiger partial charge in [0, 0.05) is 0 Å². The lowest BCUT2D eigenvalue weighted by Crippen LogP contribution is -2.18. The summed E-state index contributed by atoms with van der Waals surface area (Å²) in [5.74, 6) is -0.639. The first-order valence-electron chi connectivity index (χ1n) is 3.35. The Kier molecular flexibility index (Phi) is 3.57. The first kappa shape index (κ1) is 12.3. The minimum Gasteiger partial charge on any atom is -0.403 e. The predicted molar refractivity (Wildman–Crippen MR) is 51.0 cm³/mol. The second kappa shape index (κ2) is 4.37. The van der Waals surface area contributed by atoms with Gasteiger partial charge in [-0.3, -0.25) is 0 Å². The third-order valence-corrected chi connectivity index (χ3v) is 3.19. The Hall–Kier alpha value is -0.810. The predicted octanol–water partition coefficient (Wildman–Crippen LogP) is 3.38. The molecule has 1 heterocycles. The van der Waals surface area contributed by atoms with Crippen molar-refractivity contribution in [1.82, 2.24) is 4.98 Å². The molecule has 0 aliphatic heterocycles. The van der Waals surface area contributed by atoms with Gasteiger partial charge in [-0.25, -0.2) is 4.98 Å². The molecule has 0 saturated carbocycles. The molecule has 0 aromatic carbocycles. The quantitative estimate of drug-likeness (QED) is 0.733. The number of alkyl halides is 3. The zero-order valence-corrected chi connectivity index (χ0v) is 9.94. The Bertz CT molecular complexity index is 427. The van der Waals surface area contributed by atoms with E-state index < -0.39 is 12.1 Å². The Morgan fingerprint density at radius 3 is 2.47 bits per heavy atom. The molecule has 3 nitrogen and oxygen atoms in total. The zero-order valence-electron chi connectivity index (χ0n) is 6.77. The van der Waals surface area contributed by atoms with E-state index in [1.54, 1.807) is 6.07 Å². The summed E-state index contributed by atoms with van der Waals surface area (Å²) < 4.78 is 39.7. The second-order valence-electron chi connectivity index (χ2n) is 2.26. The van der Waals surface area contributed by atoms with E-state index in [1.807, 2.05) is 0 Å². The molecular weight excluding hydrogens is 345 g/mol. The molecule has 0 fully saturated rings. The van der Waals surface area contributed by atoms with Gasteiger partial charge < -0.3 is 4.74 Å². The van der Waals surface area contributed by atoms with Crippen LogP contribution in [0.15, 0.2) is 15.3 Å². The van der Waals surface area contributed by atoms with Crippen LogP contribution in [0.2, 0.25) is 0 Å². The van der Waals surface area contributed by atoms with Gasteiger partial charge in [-0.05, 0) is 31.9 Å². The molecule has 0 N–H and O–H groups in total. The van der Waals surface area contributed by atoms with Crippen molar-refractivity contribution < 1.29 is 17.9 Å². The maximum Gasteiger partial charge on any atom is 0.573 e. The van der Waals surface area contributed by atoms with Crippen LogP contribution in [0, 0.1) is 11.3 Å². The topological polar surface area (TPSA) is 45.9 Å². The second-order valence-corrected chi connectivity index (χ2v) is 3.81. The van der Waals surface area contributed by atoms with Gasteiger partial charge in [-0.1, -0.05) is 0 Å². The lowest BCUT2D eigenvalue weighted by molar-refractivity contribution is -0.274. The van der Waals surface area contributed by atoms with Crippen molar-refractivity contribution >= 4 is 31.9 Å². The monoisotopic (exact) mass is 344 g/mol. The SMILES string of the molecule is N#Cc1c(OC(F)(F)F)cnc(Br)c1Br. The van der Waals surface area contributed by atoms with E-state index in [-0.39, 0.29) is 14.6 Å². The summed E-state index contributed by atoms with van der Waals surface area (Å²) in [5.41, 5.74) is -0.269. The highest BCUT2D eigenvalue weighted by atomic mass is 79.9. The number of ether oxygens (including phenoxy) is 1. The van der Waals surface area contributed by atoms with Crippen molar-refractivity contribution in [2.24, 2.45) is 0 Å². The van der Waals surface area contributed by atoms with Gasteiger partial charge in [0.15, 0.2) is 5.75 Å². The third-order valence-electron chi connectivity index (χ3n) is 1.28. The van der Waals surface area contributed by atoms with Gasteiger partial charge in [0.1, 0.15) is 16.2 Å². The van der Waals surface area contributed by atoms with Gasteiger partial charge in [0.2, 0.25) is 0 Å². The zero-order chi connectivity index (χ0) is 11.6. The summed E-state index contributed by atoms with van der Waals surface area (Å²) in [6.07, 6.45) is -4.03. The van der Waals surface area contributed by atoms with Crippen LogP contribution in [-0.2, 0) is 0 Å². The standard InChI is InChI=1S/C7HBr2F3N2O/c8-5-3(1-13)4(2-14-6(5)9)15-7(10,11)12/h2H. The molecule has 0 aliphatic rings. The normalized spacial score (nSPS) is 10.9. The van der Waals surface area contributed by atoms with Gasteiger partial charge in [-0.15, -0.1) is 13.2 Å². The Balaban J connectivity index is 3.21. The van der Waals surface area contributed by atoms with Crippen molar-refractivity contribution in [2.75, 3.05) is 0 Å². The van der Waals surface area contributed by atoms with Crippen molar-refractivity contribution in [3.8, 4) is 11.8 Å². The number of halogens is 5. The molecule has 0 unspecified atom stereocenters. The van der Waals surface area contributed by atoms with Crippen LogP contribution in [0.1, 0.15) is 5.56 Å². The minimum atomic E-state index is -4.85. The van der Waals surface area contributed by atoms with Crippen molar-refractivity contribution in [1.29, 1.82) is 5.26 Å². The number of rotatable bonds is 1. The van der Waals surface area contributed by atoms with E-state index >= 15 is 0 Å². The van der Waals surface area contributed by atoms with Crippen molar-refractivity contribution in [3.05, 3.63) is 20.8 Å². The number of nitrogens with zero attached hydrogens (tertiary/aromatic N) is 2. The van der Waals surface area contributed by atoms with Crippen LogP contribution in [0.4, 0.5) is 13.2 Å². The first-order chi connectivity index (χ1) is 6.85. The molecular formula is C7HBr2F3N2O. The van der Waals surface area contributed by atoms with Crippen LogP contribution < -0.4 is 4.74 Å². The van der Waals surface area contributed by atoms with Crippen LogP contribution in [0.25, 0.3) is 0 Å². The largest absolute Gasteiger partial charge is 0.573 e. The average Bonchev–Trinajstić information content (AvgIpc) is 2.10. The summed E-state index contributed by atoms with van der Waals surface area (Å²) in [6.45, 7) is 0. The van der Waals surface area contributed by atoms with E-state index in [0.717, 1.165) is 6.20 Å². The number of hydrogen-bond acceptors (Lipinski definition) is 3. The van der Waals surface area contributed by atoms with Gasteiger partial charge in [-0.2, -0.15) is 5.26 Å². The number of nitriles is 1. The van der Waals surface area contributed by atoms with Gasteiger partial charge in [0.25, 0.3) is 0 Å². The van der Waals surface area contributed by atoms with Crippen LogP contribution in [0.3, 0.4) is 0 Å². The average molecular weight is 346 g/mol. The van der Waals surface area contributed by atoms with Crippen molar-refractivity contribution in [2.45, 2.75) is 6.36 Å². The number of pyridine rings is 1. The molecule has 0 atom stereocenters. The highest BCUT2D eigenvalue weighted by Crippen LogP contribution is 2.33. The summed E-state index contributed by atoms with van der Waals surface area (Å²) in [4.78, 5) is 3.57. The smallest absolute Gasteiger partial charge is 0.403 e. The fourth-order valence-electron chi connectivity index (χ4n) is 0.754. The molecule has 0 saturated heterocycles. The van der Waals surface area contributed by atoms with E-state index in [2.05, 4.69) is 41.6 Å². The van der Waals surface area contributed by atoms with E-state index in [1.165, 1.54) is 0 Å². The Morgan fingerprint density at radius 1 is 1.40 bits per heavy atom. The maximum absolute atomic E-state index is 11.9. The van der Waals surface area contributed by atoms with Crippen LogP contribution >= 0.6 is 31.9 Å². The van der Waals surface area contributed by atoms with E-state index in [9.17, 15) is 13.2 Å². The lowest BCUT2D eigenvalue weighted by Gasteiger charge is -2.10. The third kappa shape index (κ3) is 3.07. The fourth-order valence-corrected chi connectivity index (χ4v) is 1.44. The van der Waals surface area contributed by atoms with Gasteiger partial charge >= 0.3 is 6.36 Å². The van der Waals surface area contributed by atoms with Gasteiger partial charge in [0.05, 0.1) is 10.7 Å². The van der Waals surface area contributed by atoms with Crippen LogP contribution in [-0.4, -0.2) is 11.3 Å². The Morgan fingerprint density at radius 2 is 2.00 bits per heavy atom. The highest BCUT2D eigenvalue weighted by Gasteiger charge is 2.33. The summed E-state index contributed by atoms with van der Waals surface area (Å²) in [7, 11) is 0. The first-order valence-corrected chi connectivity index (χ1v) is 4.93. The Labute approximate surface area is 99.1 Å². The summed E-state index contributed by atoms with van der Waals surface area (Å²) in [5, 5.41) is 8.64. The number of aromatic nitrogens is 1. The van der Waals surface area contributed by atoms with Crippen molar-refractivity contribution in [3.63, 3.8) is 0 Å². The summed E-state index contributed by atoms with van der Waals surface area (Å²) >= 11 is 5.87. The maximum atomic E-state index is 11.9. The molecule has 0 radical (unpaired) electrons. The molecule has 1 aromatic heterocycles. The van der Waals surface area contributed by atoms with E-state index in [4.69, 9.17) is 5.26 Å². The minimum absolute atomic E-state index is 0.117. The molecule has 1 rings (SSSR count). The summed E-state index contributed by atoms with van der Waals surface area (Å²) in [6, 6.07) is 1.59. The molecule has 1 aromatic rings. The fraction of sp³-hybridized carbons (Fsp3) is 0.143. The molecule has 0 amide bonds. The molecule has 15 heavy (non-hydrogen) atoms. The molecule has 0 aliphatic carbocycles.